The van der Waals surface area contributed by atoms with Crippen molar-refractivity contribution in [2.75, 3.05) is 13.2 Å². The molecule has 1 amide bonds. The Labute approximate surface area is 154 Å². The van der Waals surface area contributed by atoms with E-state index in [0.717, 1.165) is 18.4 Å². The molecule has 0 aliphatic rings. The fourth-order valence-electron chi connectivity index (χ4n) is 2.34. The van der Waals surface area contributed by atoms with E-state index in [1.807, 2.05) is 37.3 Å². The Morgan fingerprint density at radius 1 is 1.04 bits per heavy atom. The summed E-state index contributed by atoms with van der Waals surface area (Å²) in [7, 11) is 0. The summed E-state index contributed by atoms with van der Waals surface area (Å²) < 4.78 is 10.6. The zero-order valence-electron chi connectivity index (χ0n) is 15.2. The Kier molecular flexibility index (Phi) is 7.68. The SMILES string of the molecule is CCCCOc1ccc(C(=O)OCC(=O)N[C@@H](C)c2ccccc2)cc1. The topological polar surface area (TPSA) is 64.6 Å². The second-order valence-corrected chi connectivity index (χ2v) is 6.00. The third kappa shape index (κ3) is 6.24. The first-order valence-corrected chi connectivity index (χ1v) is 8.84. The first-order chi connectivity index (χ1) is 12.6. The highest BCUT2D eigenvalue weighted by atomic mass is 16.5. The molecule has 0 bridgehead atoms. The van der Waals surface area contributed by atoms with Crippen LogP contribution in [-0.2, 0) is 9.53 Å². The lowest BCUT2D eigenvalue weighted by atomic mass is 10.1. The van der Waals surface area contributed by atoms with Crippen LogP contribution in [0.15, 0.2) is 54.6 Å². The predicted octanol–water partition coefficient (Wildman–Crippen LogP) is 3.90. The van der Waals surface area contributed by atoms with E-state index in [0.29, 0.717) is 17.9 Å². The van der Waals surface area contributed by atoms with Crippen LogP contribution in [0.1, 0.15) is 48.7 Å². The van der Waals surface area contributed by atoms with Gasteiger partial charge in [-0.3, -0.25) is 4.79 Å². The molecule has 0 unspecified atom stereocenters. The molecule has 0 heterocycles. The van der Waals surface area contributed by atoms with Crippen molar-refractivity contribution < 1.29 is 19.1 Å². The van der Waals surface area contributed by atoms with Crippen LogP contribution in [0.5, 0.6) is 5.75 Å². The van der Waals surface area contributed by atoms with E-state index in [4.69, 9.17) is 9.47 Å². The molecule has 2 aromatic carbocycles. The number of rotatable bonds is 9. The van der Waals surface area contributed by atoms with Gasteiger partial charge in [0.25, 0.3) is 5.91 Å². The lowest BCUT2D eigenvalue weighted by molar-refractivity contribution is -0.124. The van der Waals surface area contributed by atoms with E-state index >= 15 is 0 Å². The van der Waals surface area contributed by atoms with Crippen molar-refractivity contribution in [1.82, 2.24) is 5.32 Å². The Bertz CT molecular complexity index is 698. The maximum absolute atomic E-state index is 12.0. The maximum atomic E-state index is 12.0. The molecule has 2 rings (SSSR count). The number of hydrogen-bond acceptors (Lipinski definition) is 4. The summed E-state index contributed by atoms with van der Waals surface area (Å²) in [5, 5.41) is 2.80. The molecule has 0 spiro atoms. The van der Waals surface area contributed by atoms with Gasteiger partial charge in [0.15, 0.2) is 6.61 Å². The third-order valence-electron chi connectivity index (χ3n) is 3.87. The number of esters is 1. The standard InChI is InChI=1S/C21H25NO4/c1-3-4-14-25-19-12-10-18(11-13-19)21(24)26-15-20(23)22-16(2)17-8-6-5-7-9-17/h5-13,16H,3-4,14-15H2,1-2H3,(H,22,23)/t16-/m0/s1. The summed E-state index contributed by atoms with van der Waals surface area (Å²) in [6, 6.07) is 16.2. The lowest BCUT2D eigenvalue weighted by Gasteiger charge is -2.14. The zero-order chi connectivity index (χ0) is 18.8. The molecule has 0 aliphatic heterocycles. The number of amides is 1. The summed E-state index contributed by atoms with van der Waals surface area (Å²) in [5.74, 6) is -0.161. The van der Waals surface area contributed by atoms with E-state index in [9.17, 15) is 9.59 Å². The van der Waals surface area contributed by atoms with Gasteiger partial charge in [-0.25, -0.2) is 4.79 Å². The minimum atomic E-state index is -0.535. The van der Waals surface area contributed by atoms with Gasteiger partial charge in [0.05, 0.1) is 18.2 Å². The molecule has 0 fully saturated rings. The molecule has 5 heteroatoms. The molecule has 0 radical (unpaired) electrons. The summed E-state index contributed by atoms with van der Waals surface area (Å²) in [6.45, 7) is 4.32. The Balaban J connectivity index is 1.77. The van der Waals surface area contributed by atoms with Crippen molar-refractivity contribution >= 4 is 11.9 Å². The van der Waals surface area contributed by atoms with Gasteiger partial charge < -0.3 is 14.8 Å². The Morgan fingerprint density at radius 2 is 1.73 bits per heavy atom. The van der Waals surface area contributed by atoms with Crippen LogP contribution in [0.2, 0.25) is 0 Å². The number of carbonyl (C=O) groups is 2. The van der Waals surface area contributed by atoms with Crippen LogP contribution in [0.3, 0.4) is 0 Å². The quantitative estimate of drug-likeness (QED) is 0.547. The van der Waals surface area contributed by atoms with Gasteiger partial charge in [0, 0.05) is 0 Å². The van der Waals surface area contributed by atoms with Gasteiger partial charge in [0.1, 0.15) is 5.75 Å². The highest BCUT2D eigenvalue weighted by Crippen LogP contribution is 2.14. The average Bonchev–Trinajstić information content (AvgIpc) is 2.67. The van der Waals surface area contributed by atoms with Gasteiger partial charge in [-0.2, -0.15) is 0 Å². The normalized spacial score (nSPS) is 11.5. The van der Waals surface area contributed by atoms with Gasteiger partial charge >= 0.3 is 5.97 Å². The first-order valence-electron chi connectivity index (χ1n) is 8.84. The summed E-state index contributed by atoms with van der Waals surface area (Å²) in [5.41, 5.74) is 1.38. The van der Waals surface area contributed by atoms with E-state index in [2.05, 4.69) is 12.2 Å². The van der Waals surface area contributed by atoms with Gasteiger partial charge in [-0.05, 0) is 43.2 Å². The maximum Gasteiger partial charge on any atom is 0.338 e. The molecule has 0 saturated heterocycles. The van der Waals surface area contributed by atoms with E-state index in [1.165, 1.54) is 0 Å². The highest BCUT2D eigenvalue weighted by Gasteiger charge is 2.13. The number of ether oxygens (including phenoxy) is 2. The fraction of sp³-hybridized carbons (Fsp3) is 0.333. The largest absolute Gasteiger partial charge is 0.494 e. The molecule has 5 nitrogen and oxygen atoms in total. The molecular formula is C21H25NO4. The molecule has 26 heavy (non-hydrogen) atoms. The van der Waals surface area contributed by atoms with Crippen molar-refractivity contribution in [2.45, 2.75) is 32.7 Å². The second kappa shape index (κ2) is 10.2. The highest BCUT2D eigenvalue weighted by molar-refractivity contribution is 5.91. The predicted molar refractivity (Wildman–Crippen MR) is 100 cm³/mol. The molecule has 1 N–H and O–H groups in total. The molecule has 138 valence electrons. The fourth-order valence-corrected chi connectivity index (χ4v) is 2.34. The summed E-state index contributed by atoms with van der Waals surface area (Å²) in [6.07, 6.45) is 2.05. The molecule has 1 atom stereocenters. The van der Waals surface area contributed by atoms with E-state index in [-0.39, 0.29) is 18.6 Å². The van der Waals surface area contributed by atoms with Crippen molar-refractivity contribution in [3.63, 3.8) is 0 Å². The zero-order valence-corrected chi connectivity index (χ0v) is 15.2. The Hall–Kier alpha value is -2.82. The van der Waals surface area contributed by atoms with Crippen LogP contribution in [0.25, 0.3) is 0 Å². The molecule has 0 aliphatic carbocycles. The van der Waals surface area contributed by atoms with Crippen molar-refractivity contribution in [2.24, 2.45) is 0 Å². The van der Waals surface area contributed by atoms with Crippen LogP contribution < -0.4 is 10.1 Å². The van der Waals surface area contributed by atoms with E-state index < -0.39 is 5.97 Å². The molecule has 2 aromatic rings. The van der Waals surface area contributed by atoms with Gasteiger partial charge in [0.2, 0.25) is 0 Å². The first kappa shape index (κ1) is 19.5. The van der Waals surface area contributed by atoms with E-state index in [1.54, 1.807) is 24.3 Å². The third-order valence-corrected chi connectivity index (χ3v) is 3.87. The molecule has 0 aromatic heterocycles. The lowest BCUT2D eigenvalue weighted by Crippen LogP contribution is -2.31. The van der Waals surface area contributed by atoms with Crippen molar-refractivity contribution in [3.8, 4) is 5.75 Å². The minimum Gasteiger partial charge on any atom is -0.494 e. The minimum absolute atomic E-state index is 0.151. The van der Waals surface area contributed by atoms with Crippen LogP contribution in [0, 0.1) is 0 Å². The number of nitrogens with one attached hydrogen (secondary N) is 1. The number of benzene rings is 2. The molecule has 0 saturated carbocycles. The Morgan fingerprint density at radius 3 is 2.38 bits per heavy atom. The van der Waals surface area contributed by atoms with Gasteiger partial charge in [-0.1, -0.05) is 43.7 Å². The van der Waals surface area contributed by atoms with Gasteiger partial charge in [-0.15, -0.1) is 0 Å². The summed E-state index contributed by atoms with van der Waals surface area (Å²) >= 11 is 0. The smallest absolute Gasteiger partial charge is 0.338 e. The molecular weight excluding hydrogens is 330 g/mol. The van der Waals surface area contributed by atoms with Crippen LogP contribution >= 0.6 is 0 Å². The second-order valence-electron chi connectivity index (χ2n) is 6.00. The number of unbranched alkanes of at least 4 members (excludes halogenated alkanes) is 1. The average molecular weight is 355 g/mol. The summed E-state index contributed by atoms with van der Waals surface area (Å²) in [4.78, 5) is 24.0. The van der Waals surface area contributed by atoms with Crippen LogP contribution in [-0.4, -0.2) is 25.1 Å². The number of carbonyl (C=O) groups excluding carboxylic acids is 2. The van der Waals surface area contributed by atoms with Crippen LogP contribution in [0.4, 0.5) is 0 Å². The van der Waals surface area contributed by atoms with Crippen molar-refractivity contribution in [1.29, 1.82) is 0 Å². The monoisotopic (exact) mass is 355 g/mol. The van der Waals surface area contributed by atoms with Crippen molar-refractivity contribution in [3.05, 3.63) is 65.7 Å². The number of hydrogen-bond donors (Lipinski definition) is 1.